The number of esters is 5. The van der Waals surface area contributed by atoms with Gasteiger partial charge in [0.25, 0.3) is 0 Å². The van der Waals surface area contributed by atoms with Crippen LogP contribution in [0.25, 0.3) is 0 Å². The van der Waals surface area contributed by atoms with Crippen LogP contribution >= 0.6 is 0 Å². The first kappa shape index (κ1) is 24.3. The number of aliphatic hydroxyl groups is 1. The average molecular weight is 420 g/mol. The van der Waals surface area contributed by atoms with E-state index in [4.69, 9.17) is 28.4 Å². The van der Waals surface area contributed by atoms with Crippen molar-refractivity contribution in [1.82, 2.24) is 0 Å². The van der Waals surface area contributed by atoms with E-state index in [9.17, 15) is 29.1 Å². The molecule has 1 rings (SSSR count). The van der Waals surface area contributed by atoms with Crippen LogP contribution in [0.15, 0.2) is 0 Å². The maximum atomic E-state index is 11.6. The Balaban J connectivity index is 3.34. The number of rotatable bonds is 7. The Labute approximate surface area is 166 Å². The molecule has 1 fully saturated rings. The lowest BCUT2D eigenvalue weighted by Gasteiger charge is -2.44. The minimum atomic E-state index is -1.84. The lowest BCUT2D eigenvalue weighted by molar-refractivity contribution is -0.306. The minimum Gasteiger partial charge on any atom is -0.462 e. The van der Waals surface area contributed by atoms with Gasteiger partial charge in [0, 0.05) is 34.6 Å². The van der Waals surface area contributed by atoms with Gasteiger partial charge in [-0.05, 0) is 0 Å². The second-order valence-corrected chi connectivity index (χ2v) is 6.16. The Morgan fingerprint density at radius 2 is 1.24 bits per heavy atom. The zero-order valence-electron chi connectivity index (χ0n) is 16.6. The molecule has 0 saturated carbocycles. The van der Waals surface area contributed by atoms with Crippen molar-refractivity contribution in [2.45, 2.75) is 71.4 Å². The maximum absolute atomic E-state index is 11.6. The quantitative estimate of drug-likeness (QED) is 0.395. The molecular weight excluding hydrogens is 396 g/mol. The summed E-state index contributed by atoms with van der Waals surface area (Å²) >= 11 is 0. The fraction of sp³-hybridized carbons (Fsp3) is 0.706. The SMILES string of the molecule is CC(=O)OC[C@@H](OC(C)=O)[C@H]1O[C@@H](O)[C@@H](OC(C)=O)[C@@H](OC(C)=O)[C@H]1OC(C)=O. The van der Waals surface area contributed by atoms with Gasteiger partial charge in [-0.15, -0.1) is 0 Å². The first-order chi connectivity index (χ1) is 13.4. The molecule has 0 spiro atoms. The van der Waals surface area contributed by atoms with Crippen molar-refractivity contribution in [1.29, 1.82) is 0 Å². The molecule has 1 aliphatic rings. The summed E-state index contributed by atoms with van der Waals surface area (Å²) in [6.45, 7) is 4.84. The normalized spacial score (nSPS) is 27.2. The van der Waals surface area contributed by atoms with Crippen LogP contribution in [0.3, 0.4) is 0 Å². The lowest BCUT2D eigenvalue weighted by Crippen LogP contribution is -2.64. The van der Waals surface area contributed by atoms with E-state index < -0.39 is 73.3 Å². The number of ether oxygens (including phenoxy) is 6. The summed E-state index contributed by atoms with van der Waals surface area (Å²) in [6.07, 6.45) is -9.10. The Kier molecular flexibility index (Phi) is 8.98. The largest absolute Gasteiger partial charge is 0.462 e. The van der Waals surface area contributed by atoms with Crippen LogP contribution in [-0.2, 0) is 52.4 Å². The van der Waals surface area contributed by atoms with Crippen molar-refractivity contribution in [2.24, 2.45) is 0 Å². The Morgan fingerprint density at radius 1 is 0.759 bits per heavy atom. The third kappa shape index (κ3) is 7.66. The Morgan fingerprint density at radius 3 is 1.69 bits per heavy atom. The highest BCUT2D eigenvalue weighted by molar-refractivity contribution is 5.69. The topological polar surface area (TPSA) is 161 Å². The predicted molar refractivity (Wildman–Crippen MR) is 89.7 cm³/mol. The zero-order valence-corrected chi connectivity index (χ0v) is 16.6. The van der Waals surface area contributed by atoms with E-state index in [2.05, 4.69) is 0 Å². The average Bonchev–Trinajstić information content (AvgIpc) is 2.55. The number of hydrogen-bond donors (Lipinski definition) is 1. The summed E-state index contributed by atoms with van der Waals surface area (Å²) in [5, 5.41) is 10.3. The molecule has 0 bridgehead atoms. The first-order valence-corrected chi connectivity index (χ1v) is 8.58. The maximum Gasteiger partial charge on any atom is 0.303 e. The number of hydrogen-bond acceptors (Lipinski definition) is 12. The molecule has 0 aromatic rings. The molecule has 0 aromatic heterocycles. The van der Waals surface area contributed by atoms with Crippen molar-refractivity contribution >= 4 is 29.8 Å². The van der Waals surface area contributed by atoms with Crippen LogP contribution < -0.4 is 0 Å². The van der Waals surface area contributed by atoms with Crippen molar-refractivity contribution in [3.8, 4) is 0 Å². The van der Waals surface area contributed by atoms with Gasteiger partial charge in [-0.1, -0.05) is 0 Å². The molecule has 1 aliphatic heterocycles. The molecule has 1 saturated heterocycles. The molecule has 12 heteroatoms. The van der Waals surface area contributed by atoms with Crippen LogP contribution in [-0.4, -0.2) is 78.4 Å². The zero-order chi connectivity index (χ0) is 22.3. The molecule has 164 valence electrons. The molecule has 0 amide bonds. The number of carbonyl (C=O) groups excluding carboxylic acids is 5. The summed E-state index contributed by atoms with van der Waals surface area (Å²) in [5.74, 6) is -3.97. The fourth-order valence-corrected chi connectivity index (χ4v) is 2.73. The van der Waals surface area contributed by atoms with E-state index in [1.54, 1.807) is 0 Å². The van der Waals surface area contributed by atoms with E-state index >= 15 is 0 Å². The molecule has 6 atom stereocenters. The molecule has 0 unspecified atom stereocenters. The predicted octanol–water partition coefficient (Wildman–Crippen LogP) is -1.01. The highest BCUT2D eigenvalue weighted by Crippen LogP contribution is 2.30. The standard InChI is InChI=1S/C17H24O12/c1-7(18)24-6-12(25-8(2)19)13-14(26-9(3)20)15(27-10(4)21)16(17(23)29-13)28-11(5)22/h12-17,23H,6H2,1-5H3/t12-,13-,14+,15+,16+,17-/m1/s1. The lowest BCUT2D eigenvalue weighted by atomic mass is 9.94. The van der Waals surface area contributed by atoms with Crippen LogP contribution in [0.4, 0.5) is 0 Å². The molecule has 0 aromatic carbocycles. The summed E-state index contributed by atoms with van der Waals surface area (Å²) in [4.78, 5) is 57.2. The monoisotopic (exact) mass is 420 g/mol. The van der Waals surface area contributed by atoms with E-state index in [-0.39, 0.29) is 0 Å². The van der Waals surface area contributed by atoms with E-state index in [1.165, 1.54) is 0 Å². The van der Waals surface area contributed by atoms with Gasteiger partial charge in [0.15, 0.2) is 30.7 Å². The van der Waals surface area contributed by atoms with Gasteiger partial charge in [-0.2, -0.15) is 0 Å². The first-order valence-electron chi connectivity index (χ1n) is 8.58. The van der Waals surface area contributed by atoms with Gasteiger partial charge in [-0.25, -0.2) is 0 Å². The van der Waals surface area contributed by atoms with Gasteiger partial charge < -0.3 is 33.5 Å². The third-order valence-corrected chi connectivity index (χ3v) is 3.59. The molecule has 1 heterocycles. The van der Waals surface area contributed by atoms with Crippen LogP contribution in [0.1, 0.15) is 34.6 Å². The number of carbonyl (C=O) groups is 5. The summed E-state index contributed by atoms with van der Waals surface area (Å²) in [6, 6.07) is 0. The van der Waals surface area contributed by atoms with E-state index in [1.807, 2.05) is 0 Å². The van der Waals surface area contributed by atoms with Crippen molar-refractivity contribution in [3.05, 3.63) is 0 Å². The van der Waals surface area contributed by atoms with Gasteiger partial charge in [0.1, 0.15) is 12.7 Å². The molecule has 1 N–H and O–H groups in total. The van der Waals surface area contributed by atoms with Crippen molar-refractivity contribution in [3.63, 3.8) is 0 Å². The molecular formula is C17H24O12. The Bertz CT molecular complexity index is 644. The highest BCUT2D eigenvalue weighted by atomic mass is 16.7. The third-order valence-electron chi connectivity index (χ3n) is 3.59. The van der Waals surface area contributed by atoms with Gasteiger partial charge in [-0.3, -0.25) is 24.0 Å². The second-order valence-electron chi connectivity index (χ2n) is 6.16. The molecule has 0 aliphatic carbocycles. The molecule has 0 radical (unpaired) electrons. The summed E-state index contributed by atoms with van der Waals surface area (Å²) in [7, 11) is 0. The smallest absolute Gasteiger partial charge is 0.303 e. The minimum absolute atomic E-state index is 0.505. The summed E-state index contributed by atoms with van der Waals surface area (Å²) in [5.41, 5.74) is 0. The summed E-state index contributed by atoms with van der Waals surface area (Å²) < 4.78 is 30.5. The highest BCUT2D eigenvalue weighted by Gasteiger charge is 2.54. The Hall–Kier alpha value is -2.73. The van der Waals surface area contributed by atoms with Crippen LogP contribution in [0.5, 0.6) is 0 Å². The van der Waals surface area contributed by atoms with Gasteiger partial charge in [0.05, 0.1) is 0 Å². The fourth-order valence-electron chi connectivity index (χ4n) is 2.73. The van der Waals surface area contributed by atoms with Crippen LogP contribution in [0, 0.1) is 0 Å². The molecule has 29 heavy (non-hydrogen) atoms. The number of aliphatic hydroxyl groups excluding tert-OH is 1. The van der Waals surface area contributed by atoms with E-state index in [0.29, 0.717) is 0 Å². The van der Waals surface area contributed by atoms with Crippen molar-refractivity contribution < 1.29 is 57.5 Å². The second kappa shape index (κ2) is 10.7. The van der Waals surface area contributed by atoms with Crippen molar-refractivity contribution in [2.75, 3.05) is 6.61 Å². The van der Waals surface area contributed by atoms with Crippen LogP contribution in [0.2, 0.25) is 0 Å². The van der Waals surface area contributed by atoms with Gasteiger partial charge >= 0.3 is 29.8 Å². The van der Waals surface area contributed by atoms with Gasteiger partial charge in [0.2, 0.25) is 0 Å². The van der Waals surface area contributed by atoms with E-state index in [0.717, 1.165) is 34.6 Å². The molecule has 12 nitrogen and oxygen atoms in total.